The van der Waals surface area contributed by atoms with E-state index in [9.17, 15) is 12.8 Å². The van der Waals surface area contributed by atoms with Gasteiger partial charge in [0.05, 0.1) is 0 Å². The zero-order valence-electron chi connectivity index (χ0n) is 9.15. The minimum absolute atomic E-state index is 0.00909. The number of sulfonamides is 1. The number of hydrogen-bond donors (Lipinski definition) is 1. The Morgan fingerprint density at radius 1 is 1.39 bits per heavy atom. The highest BCUT2D eigenvalue weighted by Gasteiger charge is 2.20. The van der Waals surface area contributed by atoms with E-state index in [1.54, 1.807) is 6.92 Å². The second-order valence-corrected chi connectivity index (χ2v) is 6.07. The summed E-state index contributed by atoms with van der Waals surface area (Å²) in [5.41, 5.74) is 0. The lowest BCUT2D eigenvalue weighted by molar-refractivity contribution is 0.400. The van der Waals surface area contributed by atoms with E-state index in [0.717, 1.165) is 12.1 Å². The van der Waals surface area contributed by atoms with Gasteiger partial charge in [0.15, 0.2) is 5.82 Å². The molecule has 1 aromatic carbocycles. The number of rotatable bonds is 3. The fourth-order valence-corrected chi connectivity index (χ4v) is 2.68. The summed E-state index contributed by atoms with van der Waals surface area (Å²) in [6.45, 7) is 1.62. The van der Waals surface area contributed by atoms with E-state index < -0.39 is 20.7 Å². The molecule has 0 atom stereocenters. The van der Waals surface area contributed by atoms with Gasteiger partial charge in [-0.2, -0.15) is 0 Å². The summed E-state index contributed by atoms with van der Waals surface area (Å²) in [4.78, 5) is -0.452. The highest BCUT2D eigenvalue weighted by atomic mass is 79.9. The molecule has 0 unspecified atom stereocenters. The molecule has 1 aromatic heterocycles. The maximum atomic E-state index is 13.6. The molecule has 0 amide bonds. The number of nitrogens with one attached hydrogen (secondary N) is 1. The summed E-state index contributed by atoms with van der Waals surface area (Å²) < 4.78 is 44.7. The molecule has 0 aliphatic heterocycles. The van der Waals surface area contributed by atoms with Crippen LogP contribution in [0.3, 0.4) is 0 Å². The average Bonchev–Trinajstić information content (AvgIpc) is 2.62. The van der Waals surface area contributed by atoms with Crippen molar-refractivity contribution in [3.63, 3.8) is 0 Å². The third kappa shape index (κ3) is 2.70. The van der Waals surface area contributed by atoms with E-state index in [0.29, 0.717) is 10.2 Å². The van der Waals surface area contributed by atoms with E-state index in [2.05, 4.69) is 25.8 Å². The Hall–Kier alpha value is -1.41. The second kappa shape index (κ2) is 4.69. The van der Waals surface area contributed by atoms with Gasteiger partial charge in [-0.1, -0.05) is 21.1 Å². The molecular weight excluding hydrogens is 327 g/mol. The molecule has 5 nitrogen and oxygen atoms in total. The maximum Gasteiger partial charge on any atom is 0.266 e. The summed E-state index contributed by atoms with van der Waals surface area (Å²) in [7, 11) is -4.02. The predicted molar refractivity (Wildman–Crippen MR) is 66.1 cm³/mol. The molecule has 18 heavy (non-hydrogen) atoms. The molecule has 0 aliphatic rings. The second-order valence-electron chi connectivity index (χ2n) is 3.50. The molecule has 0 radical (unpaired) electrons. The lowest BCUT2D eigenvalue weighted by Gasteiger charge is -2.06. The topological polar surface area (TPSA) is 72.2 Å². The Bertz CT molecular complexity index is 684. The van der Waals surface area contributed by atoms with Crippen molar-refractivity contribution in [1.82, 2.24) is 5.16 Å². The van der Waals surface area contributed by atoms with E-state index >= 15 is 0 Å². The first-order chi connectivity index (χ1) is 8.38. The van der Waals surface area contributed by atoms with Gasteiger partial charge in [0.25, 0.3) is 10.0 Å². The Morgan fingerprint density at radius 3 is 2.67 bits per heavy atom. The van der Waals surface area contributed by atoms with Crippen LogP contribution in [0.15, 0.2) is 38.2 Å². The smallest absolute Gasteiger partial charge is 0.266 e. The number of hydrogen-bond acceptors (Lipinski definition) is 4. The van der Waals surface area contributed by atoms with Crippen LogP contribution in [0, 0.1) is 12.7 Å². The quantitative estimate of drug-likeness (QED) is 0.936. The van der Waals surface area contributed by atoms with Crippen LogP contribution in [0.2, 0.25) is 0 Å². The maximum absolute atomic E-state index is 13.6. The lowest BCUT2D eigenvalue weighted by atomic mass is 10.3. The van der Waals surface area contributed by atoms with Crippen molar-refractivity contribution in [1.29, 1.82) is 0 Å². The van der Waals surface area contributed by atoms with Crippen molar-refractivity contribution in [2.75, 3.05) is 4.72 Å². The van der Waals surface area contributed by atoms with Crippen molar-refractivity contribution < 1.29 is 17.3 Å². The molecule has 8 heteroatoms. The van der Waals surface area contributed by atoms with E-state index in [1.165, 1.54) is 12.1 Å². The van der Waals surface area contributed by atoms with Gasteiger partial charge in [-0.25, -0.2) is 12.8 Å². The van der Waals surface area contributed by atoms with Gasteiger partial charge in [-0.05, 0) is 25.1 Å². The highest BCUT2D eigenvalue weighted by Crippen LogP contribution is 2.21. The number of anilines is 1. The normalized spacial score (nSPS) is 11.5. The summed E-state index contributed by atoms with van der Waals surface area (Å²) in [5.74, 6) is -0.393. The van der Waals surface area contributed by atoms with Crippen LogP contribution in [-0.2, 0) is 10.0 Å². The molecule has 96 valence electrons. The van der Waals surface area contributed by atoms with Gasteiger partial charge in [0, 0.05) is 10.5 Å². The van der Waals surface area contributed by atoms with E-state index in [1.807, 2.05) is 0 Å². The molecule has 1 heterocycles. The largest absolute Gasteiger partial charge is 0.360 e. The standard InChI is InChI=1S/C10H8BrFN2O3S/c1-6-4-10(13-17-6)14-18(15,16)9-3-2-7(11)5-8(9)12/h2-5H,1H3,(H,13,14). The first-order valence-electron chi connectivity index (χ1n) is 4.80. The van der Waals surface area contributed by atoms with E-state index in [-0.39, 0.29) is 5.82 Å². The molecule has 0 aliphatic carbocycles. The first-order valence-corrected chi connectivity index (χ1v) is 7.07. The summed E-state index contributed by atoms with van der Waals surface area (Å²) in [6.07, 6.45) is 0. The third-order valence-corrected chi connectivity index (χ3v) is 3.93. The zero-order chi connectivity index (χ0) is 13.3. The van der Waals surface area contributed by atoms with Crippen LogP contribution in [-0.4, -0.2) is 13.6 Å². The van der Waals surface area contributed by atoms with Crippen LogP contribution in [0.1, 0.15) is 5.76 Å². The molecule has 0 saturated carbocycles. The Kier molecular flexibility index (Phi) is 3.40. The molecule has 0 spiro atoms. The molecule has 0 bridgehead atoms. The number of aromatic nitrogens is 1. The van der Waals surface area contributed by atoms with Gasteiger partial charge in [-0.3, -0.25) is 4.72 Å². The van der Waals surface area contributed by atoms with Crippen molar-refractivity contribution >= 4 is 31.8 Å². The molecule has 0 saturated heterocycles. The average molecular weight is 335 g/mol. The van der Waals surface area contributed by atoms with Crippen molar-refractivity contribution in [3.05, 3.63) is 40.3 Å². The van der Waals surface area contributed by atoms with Crippen LogP contribution in [0.5, 0.6) is 0 Å². The number of halogens is 2. The van der Waals surface area contributed by atoms with Gasteiger partial charge < -0.3 is 4.52 Å². The Labute approximate surface area is 111 Å². The summed E-state index contributed by atoms with van der Waals surface area (Å²) >= 11 is 3.05. The minimum Gasteiger partial charge on any atom is -0.360 e. The van der Waals surface area contributed by atoms with Crippen molar-refractivity contribution in [2.24, 2.45) is 0 Å². The fraction of sp³-hybridized carbons (Fsp3) is 0.100. The zero-order valence-corrected chi connectivity index (χ0v) is 11.5. The number of nitrogens with zero attached hydrogens (tertiary/aromatic N) is 1. The first kappa shape index (κ1) is 13.0. The van der Waals surface area contributed by atoms with Crippen LogP contribution < -0.4 is 4.72 Å². The van der Waals surface area contributed by atoms with Crippen LogP contribution >= 0.6 is 15.9 Å². The van der Waals surface area contributed by atoms with Gasteiger partial charge >= 0.3 is 0 Å². The molecule has 2 rings (SSSR count). The van der Waals surface area contributed by atoms with Gasteiger partial charge in [-0.15, -0.1) is 0 Å². The van der Waals surface area contributed by atoms with Gasteiger partial charge in [0.1, 0.15) is 16.5 Å². The molecular formula is C10H8BrFN2O3S. The molecule has 2 aromatic rings. The monoisotopic (exact) mass is 334 g/mol. The Balaban J connectivity index is 2.36. The van der Waals surface area contributed by atoms with Crippen molar-refractivity contribution in [3.8, 4) is 0 Å². The minimum atomic E-state index is -4.02. The molecule has 1 N–H and O–H groups in total. The van der Waals surface area contributed by atoms with Crippen LogP contribution in [0.25, 0.3) is 0 Å². The van der Waals surface area contributed by atoms with Gasteiger partial charge in [0.2, 0.25) is 0 Å². The number of aryl methyl sites for hydroxylation is 1. The molecule has 0 fully saturated rings. The summed E-state index contributed by atoms with van der Waals surface area (Å²) in [6, 6.07) is 5.07. The summed E-state index contributed by atoms with van der Waals surface area (Å²) in [5, 5.41) is 3.48. The Morgan fingerprint density at radius 2 is 2.11 bits per heavy atom. The van der Waals surface area contributed by atoms with Crippen molar-refractivity contribution in [2.45, 2.75) is 11.8 Å². The lowest BCUT2D eigenvalue weighted by Crippen LogP contribution is -2.14. The number of benzene rings is 1. The third-order valence-electron chi connectivity index (χ3n) is 2.05. The predicted octanol–water partition coefficient (Wildman–Crippen LogP) is 2.69. The SMILES string of the molecule is Cc1cc(NS(=O)(=O)c2ccc(Br)cc2F)no1. The highest BCUT2D eigenvalue weighted by molar-refractivity contribution is 9.10. The van der Waals surface area contributed by atoms with Crippen LogP contribution in [0.4, 0.5) is 10.2 Å². The fourth-order valence-electron chi connectivity index (χ4n) is 1.30. The van der Waals surface area contributed by atoms with E-state index in [4.69, 9.17) is 4.52 Å².